The van der Waals surface area contributed by atoms with E-state index in [-0.39, 0.29) is 16.3 Å². The van der Waals surface area contributed by atoms with E-state index in [0.717, 1.165) is 19.3 Å². The number of carbonyl (C=O) groups excluding carboxylic acids is 1. The number of aromatic amines is 1. The molecule has 0 spiro atoms. The predicted octanol–water partition coefficient (Wildman–Crippen LogP) is 2.20. The Balaban J connectivity index is 2.61. The summed E-state index contributed by atoms with van der Waals surface area (Å²) in [7, 11) is 1.31. The zero-order valence-corrected chi connectivity index (χ0v) is 13.4. The number of hydrogen-bond acceptors (Lipinski definition) is 4. The van der Waals surface area contributed by atoms with Crippen molar-refractivity contribution in [3.63, 3.8) is 0 Å². The lowest BCUT2D eigenvalue weighted by Gasteiger charge is -2.06. The van der Waals surface area contributed by atoms with Crippen molar-refractivity contribution in [2.45, 2.75) is 44.9 Å². The van der Waals surface area contributed by atoms with Crippen LogP contribution in [0.3, 0.4) is 0 Å². The number of hydrogen-bond donors (Lipinski definition) is 2. The van der Waals surface area contributed by atoms with Gasteiger partial charge in [0.2, 0.25) is 0 Å². The number of unbranched alkanes of at least 4 members (excludes halogenated alkanes) is 1. The molecule has 0 atom stereocenters. The van der Waals surface area contributed by atoms with Gasteiger partial charge in [-0.2, -0.15) is 5.10 Å². The summed E-state index contributed by atoms with van der Waals surface area (Å²) in [5, 5.41) is 8.83. The van der Waals surface area contributed by atoms with E-state index in [9.17, 15) is 13.2 Å². The standard InChI is InChI=1S/C12H20ClN3O3S/c1-8(2)6-4-5-7-14-12(17)10-11(20(13,18)19)9(3)15-16-10/h8H,4-7H2,1-3H3,(H,14,17)(H,15,16). The minimum Gasteiger partial charge on any atom is -0.351 e. The lowest BCUT2D eigenvalue weighted by atomic mass is 10.1. The lowest BCUT2D eigenvalue weighted by Crippen LogP contribution is -2.26. The highest BCUT2D eigenvalue weighted by Crippen LogP contribution is 2.21. The van der Waals surface area contributed by atoms with Crippen LogP contribution in [0.2, 0.25) is 0 Å². The molecule has 0 aliphatic carbocycles. The van der Waals surface area contributed by atoms with E-state index in [2.05, 4.69) is 29.4 Å². The fourth-order valence-electron chi connectivity index (χ4n) is 1.83. The molecule has 0 fully saturated rings. The van der Waals surface area contributed by atoms with Crippen molar-refractivity contribution in [2.75, 3.05) is 6.54 Å². The van der Waals surface area contributed by atoms with Crippen molar-refractivity contribution in [3.05, 3.63) is 11.4 Å². The summed E-state index contributed by atoms with van der Waals surface area (Å²) >= 11 is 0. The molecule has 8 heteroatoms. The van der Waals surface area contributed by atoms with Gasteiger partial charge in [-0.3, -0.25) is 9.89 Å². The monoisotopic (exact) mass is 321 g/mol. The second kappa shape index (κ2) is 7.08. The van der Waals surface area contributed by atoms with Crippen LogP contribution >= 0.6 is 10.7 Å². The zero-order valence-electron chi connectivity index (χ0n) is 11.9. The van der Waals surface area contributed by atoms with E-state index in [1.54, 1.807) is 0 Å². The first-order valence-corrected chi connectivity index (χ1v) is 8.82. The summed E-state index contributed by atoms with van der Waals surface area (Å²) < 4.78 is 22.8. The highest BCUT2D eigenvalue weighted by molar-refractivity contribution is 8.13. The van der Waals surface area contributed by atoms with Gasteiger partial charge in [0.1, 0.15) is 4.90 Å². The van der Waals surface area contributed by atoms with Gasteiger partial charge in [-0.1, -0.05) is 26.7 Å². The van der Waals surface area contributed by atoms with Gasteiger partial charge in [-0.25, -0.2) is 8.42 Å². The van der Waals surface area contributed by atoms with Gasteiger partial charge in [0, 0.05) is 17.2 Å². The first-order chi connectivity index (χ1) is 9.23. The average Bonchev–Trinajstić information content (AvgIpc) is 2.69. The SMILES string of the molecule is Cc1[nH]nc(C(=O)NCCCCC(C)C)c1S(=O)(=O)Cl. The van der Waals surface area contributed by atoms with Crippen molar-refractivity contribution in [3.8, 4) is 0 Å². The Bertz CT molecular complexity index is 567. The van der Waals surface area contributed by atoms with E-state index in [1.165, 1.54) is 6.92 Å². The molecule has 1 aromatic rings. The third-order valence-corrected chi connectivity index (χ3v) is 4.29. The first-order valence-electron chi connectivity index (χ1n) is 6.51. The highest BCUT2D eigenvalue weighted by atomic mass is 35.7. The van der Waals surface area contributed by atoms with Crippen LogP contribution in [0.25, 0.3) is 0 Å². The fourth-order valence-corrected chi connectivity index (χ4v) is 3.18. The van der Waals surface area contributed by atoms with Gasteiger partial charge in [-0.15, -0.1) is 0 Å². The van der Waals surface area contributed by atoms with Crippen molar-refractivity contribution in [1.29, 1.82) is 0 Å². The van der Waals surface area contributed by atoms with Crippen LogP contribution in [0.1, 0.15) is 49.3 Å². The molecule has 0 saturated heterocycles. The molecule has 1 rings (SSSR count). The topological polar surface area (TPSA) is 91.9 Å². The Kier molecular flexibility index (Phi) is 6.01. The maximum Gasteiger partial charge on any atom is 0.273 e. The number of nitrogens with zero attached hydrogens (tertiary/aromatic N) is 1. The third kappa shape index (κ3) is 4.79. The molecule has 2 N–H and O–H groups in total. The van der Waals surface area contributed by atoms with Crippen LogP contribution in [0.15, 0.2) is 4.90 Å². The van der Waals surface area contributed by atoms with Crippen molar-refractivity contribution >= 4 is 25.6 Å². The molecule has 0 aliphatic rings. The first kappa shape index (κ1) is 17.0. The lowest BCUT2D eigenvalue weighted by molar-refractivity contribution is 0.0944. The molecule has 0 bridgehead atoms. The summed E-state index contributed by atoms with van der Waals surface area (Å²) in [5.74, 6) is 0.103. The number of nitrogens with one attached hydrogen (secondary N) is 2. The normalized spacial score (nSPS) is 11.8. The molecule has 6 nitrogen and oxygen atoms in total. The molecule has 1 aromatic heterocycles. The van der Waals surface area contributed by atoms with Crippen molar-refractivity contribution in [2.24, 2.45) is 5.92 Å². The molecule has 0 radical (unpaired) electrons. The van der Waals surface area contributed by atoms with E-state index < -0.39 is 15.0 Å². The van der Waals surface area contributed by atoms with Crippen LogP contribution in [0.5, 0.6) is 0 Å². The maximum absolute atomic E-state index is 11.9. The zero-order chi connectivity index (χ0) is 15.3. The van der Waals surface area contributed by atoms with Gasteiger partial charge < -0.3 is 5.32 Å². The molecular formula is C12H20ClN3O3S. The summed E-state index contributed by atoms with van der Waals surface area (Å²) in [6, 6.07) is 0. The molecule has 0 saturated carbocycles. The molecule has 114 valence electrons. The molecule has 0 unspecified atom stereocenters. The molecule has 0 aliphatic heterocycles. The summed E-state index contributed by atoms with van der Waals surface area (Å²) in [6.07, 6.45) is 2.95. The second-order valence-corrected chi connectivity index (χ2v) is 7.61. The number of carbonyl (C=O) groups is 1. The highest BCUT2D eigenvalue weighted by Gasteiger charge is 2.26. The van der Waals surface area contributed by atoms with E-state index >= 15 is 0 Å². The number of aromatic nitrogens is 2. The Morgan fingerprint density at radius 2 is 2.05 bits per heavy atom. The van der Waals surface area contributed by atoms with Crippen LogP contribution in [0.4, 0.5) is 0 Å². The summed E-state index contributed by atoms with van der Waals surface area (Å²) in [6.45, 7) is 6.27. The third-order valence-electron chi connectivity index (χ3n) is 2.84. The minimum atomic E-state index is -3.99. The molecule has 1 amide bonds. The van der Waals surface area contributed by atoms with Gasteiger partial charge >= 0.3 is 0 Å². The Hall–Kier alpha value is -1.08. The smallest absolute Gasteiger partial charge is 0.273 e. The number of H-pyrrole nitrogens is 1. The second-order valence-electron chi connectivity index (χ2n) is 5.11. The predicted molar refractivity (Wildman–Crippen MR) is 77.4 cm³/mol. The quantitative estimate of drug-likeness (QED) is 0.595. The minimum absolute atomic E-state index is 0.179. The molecule has 1 heterocycles. The number of aryl methyl sites for hydroxylation is 1. The van der Waals surface area contributed by atoms with Gasteiger partial charge in [0.05, 0.1) is 5.69 Å². The number of rotatable bonds is 7. The summed E-state index contributed by atoms with van der Waals surface area (Å²) in [5.41, 5.74) is 0.0753. The Morgan fingerprint density at radius 1 is 1.40 bits per heavy atom. The molecule has 20 heavy (non-hydrogen) atoms. The Morgan fingerprint density at radius 3 is 2.60 bits per heavy atom. The fraction of sp³-hybridized carbons (Fsp3) is 0.667. The van der Waals surface area contributed by atoms with Crippen LogP contribution in [0, 0.1) is 12.8 Å². The molecule has 0 aromatic carbocycles. The Labute approximate surface area is 123 Å². The van der Waals surface area contributed by atoms with Crippen LogP contribution in [-0.2, 0) is 9.05 Å². The molecular weight excluding hydrogens is 302 g/mol. The number of amides is 1. The average molecular weight is 322 g/mol. The van der Waals surface area contributed by atoms with Crippen molar-refractivity contribution in [1.82, 2.24) is 15.5 Å². The van der Waals surface area contributed by atoms with Gasteiger partial charge in [0.15, 0.2) is 5.69 Å². The van der Waals surface area contributed by atoms with Crippen molar-refractivity contribution < 1.29 is 13.2 Å². The largest absolute Gasteiger partial charge is 0.351 e. The van der Waals surface area contributed by atoms with E-state index in [4.69, 9.17) is 10.7 Å². The number of halogens is 1. The van der Waals surface area contributed by atoms with Gasteiger partial charge in [0.25, 0.3) is 15.0 Å². The van der Waals surface area contributed by atoms with E-state index in [0.29, 0.717) is 12.5 Å². The van der Waals surface area contributed by atoms with Gasteiger partial charge in [-0.05, 0) is 19.3 Å². The van der Waals surface area contributed by atoms with E-state index in [1.807, 2.05) is 0 Å². The van der Waals surface area contributed by atoms with Crippen LogP contribution in [-0.4, -0.2) is 31.1 Å². The maximum atomic E-state index is 11.9. The van der Waals surface area contributed by atoms with Crippen LogP contribution < -0.4 is 5.32 Å². The summed E-state index contributed by atoms with van der Waals surface area (Å²) in [4.78, 5) is 11.7.